The third-order valence-corrected chi connectivity index (χ3v) is 4.52. The molecule has 0 aromatic heterocycles. The minimum atomic E-state index is -0.125. The number of hydrogen-bond acceptors (Lipinski definition) is 2. The van der Waals surface area contributed by atoms with E-state index in [0.717, 1.165) is 31.9 Å². The molecule has 1 atom stereocenters. The van der Waals surface area contributed by atoms with Gasteiger partial charge in [-0.2, -0.15) is 0 Å². The van der Waals surface area contributed by atoms with Crippen molar-refractivity contribution in [1.82, 2.24) is 0 Å². The van der Waals surface area contributed by atoms with Gasteiger partial charge in [-0.3, -0.25) is 9.59 Å². The molecule has 0 radical (unpaired) electrons. The number of rotatable bonds is 6. The summed E-state index contributed by atoms with van der Waals surface area (Å²) in [6.45, 7) is 6.44. The predicted octanol–water partition coefficient (Wildman–Crippen LogP) is 2.47. The summed E-state index contributed by atoms with van der Waals surface area (Å²) in [4.78, 5) is 25.3. The number of carbonyl (C=O) groups is 2. The molecule has 6 heteroatoms. The molecular weight excluding hydrogens is 394 g/mol. The summed E-state index contributed by atoms with van der Waals surface area (Å²) in [6, 6.07) is 11.5. The highest BCUT2D eigenvalue weighted by Crippen LogP contribution is 2.21. The maximum atomic E-state index is 12.3. The van der Waals surface area contributed by atoms with Gasteiger partial charge in [0.1, 0.15) is 0 Å². The highest BCUT2D eigenvalue weighted by molar-refractivity contribution is 9.10. The summed E-state index contributed by atoms with van der Waals surface area (Å²) in [5.74, 6) is -0.227. The van der Waals surface area contributed by atoms with Crippen LogP contribution in [0.25, 0.3) is 0 Å². The molecule has 138 valence electrons. The second kappa shape index (κ2) is 8.96. The lowest BCUT2D eigenvalue weighted by Gasteiger charge is -2.16. The van der Waals surface area contributed by atoms with Crippen molar-refractivity contribution in [2.75, 3.05) is 30.8 Å². The molecule has 0 bridgehead atoms. The van der Waals surface area contributed by atoms with Gasteiger partial charge in [-0.1, -0.05) is 33.6 Å². The standard InChI is InChI=1S/C20H24BrN3O2/c1-13-9-14(2)20(15(3)10-13)23-19(26)12-24(4)11-18(25)22-17-7-5-16(21)6-8-17/h5-10H,11-12H2,1-4H3,(H,22,25)(H,23,26)/p+1. The first-order valence-corrected chi connectivity index (χ1v) is 9.28. The van der Waals surface area contributed by atoms with Crippen LogP contribution in [0.3, 0.4) is 0 Å². The van der Waals surface area contributed by atoms with Crippen LogP contribution in [0.5, 0.6) is 0 Å². The second-order valence-electron chi connectivity index (χ2n) is 6.69. The molecule has 2 aromatic rings. The van der Waals surface area contributed by atoms with Gasteiger partial charge >= 0.3 is 0 Å². The van der Waals surface area contributed by atoms with E-state index in [1.165, 1.54) is 5.56 Å². The Morgan fingerprint density at radius 2 is 1.42 bits per heavy atom. The van der Waals surface area contributed by atoms with Crippen molar-refractivity contribution >= 4 is 39.1 Å². The van der Waals surface area contributed by atoms with Crippen LogP contribution >= 0.6 is 15.9 Å². The molecule has 2 aromatic carbocycles. The Balaban J connectivity index is 1.87. The van der Waals surface area contributed by atoms with Gasteiger partial charge in [0, 0.05) is 15.8 Å². The molecule has 0 aliphatic rings. The number of quaternary nitrogens is 1. The van der Waals surface area contributed by atoms with E-state index in [-0.39, 0.29) is 24.9 Å². The molecule has 0 saturated heterocycles. The molecule has 3 N–H and O–H groups in total. The second-order valence-corrected chi connectivity index (χ2v) is 7.60. The molecule has 0 aliphatic heterocycles. The van der Waals surface area contributed by atoms with Gasteiger partial charge < -0.3 is 15.5 Å². The van der Waals surface area contributed by atoms with Crippen molar-refractivity contribution in [3.05, 3.63) is 57.6 Å². The van der Waals surface area contributed by atoms with Gasteiger partial charge in [-0.05, 0) is 56.2 Å². The Kier molecular flexibility index (Phi) is 6.94. The lowest BCUT2D eigenvalue weighted by atomic mass is 10.1. The lowest BCUT2D eigenvalue weighted by molar-refractivity contribution is -0.862. The zero-order chi connectivity index (χ0) is 19.3. The van der Waals surface area contributed by atoms with E-state index < -0.39 is 0 Å². The Morgan fingerprint density at radius 3 is 1.96 bits per heavy atom. The van der Waals surface area contributed by atoms with Crippen molar-refractivity contribution in [2.45, 2.75) is 20.8 Å². The fraction of sp³-hybridized carbons (Fsp3) is 0.300. The molecule has 0 fully saturated rings. The minimum absolute atomic E-state index is 0.103. The fourth-order valence-electron chi connectivity index (χ4n) is 2.91. The van der Waals surface area contributed by atoms with E-state index in [9.17, 15) is 9.59 Å². The molecule has 0 saturated carbocycles. The molecule has 2 amide bonds. The van der Waals surface area contributed by atoms with Crippen molar-refractivity contribution in [3.63, 3.8) is 0 Å². The van der Waals surface area contributed by atoms with Crippen LogP contribution in [0.2, 0.25) is 0 Å². The van der Waals surface area contributed by atoms with E-state index in [2.05, 4.69) is 26.6 Å². The lowest BCUT2D eigenvalue weighted by Crippen LogP contribution is -3.11. The summed E-state index contributed by atoms with van der Waals surface area (Å²) < 4.78 is 0.955. The number of nitrogens with one attached hydrogen (secondary N) is 3. The Bertz CT molecular complexity index is 780. The maximum Gasteiger partial charge on any atom is 0.279 e. The van der Waals surface area contributed by atoms with E-state index >= 15 is 0 Å². The number of likely N-dealkylation sites (N-methyl/N-ethyl adjacent to an activating group) is 1. The normalized spacial score (nSPS) is 11.7. The van der Waals surface area contributed by atoms with Gasteiger partial charge in [0.05, 0.1) is 7.05 Å². The first kappa shape index (κ1) is 20.1. The zero-order valence-electron chi connectivity index (χ0n) is 15.6. The summed E-state index contributed by atoms with van der Waals surface area (Å²) in [7, 11) is 1.83. The van der Waals surface area contributed by atoms with Crippen LogP contribution in [0.15, 0.2) is 40.9 Å². The summed E-state index contributed by atoms with van der Waals surface area (Å²) >= 11 is 3.36. The van der Waals surface area contributed by atoms with Crippen molar-refractivity contribution in [3.8, 4) is 0 Å². The number of carbonyl (C=O) groups excluding carboxylic acids is 2. The minimum Gasteiger partial charge on any atom is -0.322 e. The van der Waals surface area contributed by atoms with Crippen molar-refractivity contribution < 1.29 is 14.5 Å². The molecule has 5 nitrogen and oxygen atoms in total. The SMILES string of the molecule is Cc1cc(C)c(NC(=O)C[NH+](C)CC(=O)Nc2ccc(Br)cc2)c(C)c1. The van der Waals surface area contributed by atoms with Crippen LogP contribution in [0.1, 0.15) is 16.7 Å². The highest BCUT2D eigenvalue weighted by Gasteiger charge is 2.16. The molecule has 2 rings (SSSR count). The van der Waals surface area contributed by atoms with E-state index in [0.29, 0.717) is 0 Å². The Morgan fingerprint density at radius 1 is 0.923 bits per heavy atom. The fourth-order valence-corrected chi connectivity index (χ4v) is 3.17. The van der Waals surface area contributed by atoms with Gasteiger partial charge in [0.15, 0.2) is 13.1 Å². The van der Waals surface area contributed by atoms with Gasteiger partial charge in [-0.25, -0.2) is 0 Å². The van der Waals surface area contributed by atoms with E-state index in [1.54, 1.807) is 0 Å². The van der Waals surface area contributed by atoms with Crippen molar-refractivity contribution in [2.24, 2.45) is 0 Å². The summed E-state index contributed by atoms with van der Waals surface area (Å²) in [5, 5.41) is 5.80. The van der Waals surface area contributed by atoms with Gasteiger partial charge in [0.25, 0.3) is 11.8 Å². The van der Waals surface area contributed by atoms with Crippen molar-refractivity contribution in [1.29, 1.82) is 0 Å². The number of aryl methyl sites for hydroxylation is 3. The predicted molar refractivity (Wildman–Crippen MR) is 109 cm³/mol. The molecule has 0 heterocycles. The average molecular weight is 419 g/mol. The smallest absolute Gasteiger partial charge is 0.279 e. The monoisotopic (exact) mass is 418 g/mol. The number of amides is 2. The number of halogens is 1. The van der Waals surface area contributed by atoms with Crippen LogP contribution in [0, 0.1) is 20.8 Å². The van der Waals surface area contributed by atoms with Gasteiger partial charge in [0.2, 0.25) is 0 Å². The zero-order valence-corrected chi connectivity index (χ0v) is 17.2. The van der Waals surface area contributed by atoms with Gasteiger partial charge in [-0.15, -0.1) is 0 Å². The van der Waals surface area contributed by atoms with Crippen LogP contribution in [-0.2, 0) is 9.59 Å². The maximum absolute atomic E-state index is 12.3. The highest BCUT2D eigenvalue weighted by atomic mass is 79.9. The summed E-state index contributed by atoms with van der Waals surface area (Å²) in [6.07, 6.45) is 0. The molecular formula is C20H25BrN3O2+. The average Bonchev–Trinajstić information content (AvgIpc) is 2.52. The largest absolute Gasteiger partial charge is 0.322 e. The Labute approximate surface area is 162 Å². The van der Waals surface area contributed by atoms with Crippen LogP contribution < -0.4 is 15.5 Å². The third-order valence-electron chi connectivity index (χ3n) is 3.99. The Hall–Kier alpha value is -2.18. The van der Waals surface area contributed by atoms with Crippen LogP contribution in [-0.4, -0.2) is 32.0 Å². The number of anilines is 2. The first-order chi connectivity index (χ1) is 12.2. The van der Waals surface area contributed by atoms with Crippen LogP contribution in [0.4, 0.5) is 11.4 Å². The topological polar surface area (TPSA) is 62.6 Å². The molecule has 1 unspecified atom stereocenters. The number of benzene rings is 2. The van der Waals surface area contributed by atoms with E-state index in [1.807, 2.05) is 64.2 Å². The van der Waals surface area contributed by atoms with E-state index in [4.69, 9.17) is 0 Å². The number of hydrogen-bond donors (Lipinski definition) is 3. The molecule has 0 spiro atoms. The molecule has 0 aliphatic carbocycles. The molecule has 26 heavy (non-hydrogen) atoms. The third kappa shape index (κ3) is 5.97. The first-order valence-electron chi connectivity index (χ1n) is 8.49. The quantitative estimate of drug-likeness (QED) is 0.674. The summed E-state index contributed by atoms with van der Waals surface area (Å²) in [5.41, 5.74) is 4.85.